The fraction of sp³-hybridized carbons (Fsp3) is 0.412. The topological polar surface area (TPSA) is 213 Å². The minimum atomic E-state index is -1.26. The molecule has 0 spiro atoms. The predicted molar refractivity (Wildman–Crippen MR) is 179 cm³/mol. The van der Waals surface area contributed by atoms with Gasteiger partial charge in [0.05, 0.1) is 5.92 Å². The van der Waals surface area contributed by atoms with Gasteiger partial charge in [0.25, 0.3) is 0 Å². The van der Waals surface area contributed by atoms with E-state index in [2.05, 4.69) is 26.3 Å². The number of phenols is 1. The highest BCUT2D eigenvalue weighted by molar-refractivity contribution is 6.04. The Hall–Kier alpha value is -5.38. The number of rotatable bonds is 15. The summed E-state index contributed by atoms with van der Waals surface area (Å²) < 4.78 is 0. The van der Waals surface area contributed by atoms with Crippen molar-refractivity contribution in [2.45, 2.75) is 78.3 Å². The van der Waals surface area contributed by atoms with Crippen LogP contribution in [0.1, 0.15) is 71.8 Å². The highest BCUT2D eigenvalue weighted by Crippen LogP contribution is 2.26. The molecule has 0 aliphatic heterocycles. The van der Waals surface area contributed by atoms with Gasteiger partial charge >= 0.3 is 11.9 Å². The molecular formula is C34H44N6O7. The molecule has 2 aromatic carbocycles. The molecule has 0 aromatic heterocycles. The van der Waals surface area contributed by atoms with Crippen LogP contribution in [0, 0.1) is 22.8 Å². The van der Waals surface area contributed by atoms with E-state index in [9.17, 15) is 34.5 Å². The van der Waals surface area contributed by atoms with Gasteiger partial charge in [-0.25, -0.2) is 9.59 Å². The zero-order chi connectivity index (χ0) is 35.1. The van der Waals surface area contributed by atoms with Gasteiger partial charge in [0, 0.05) is 17.8 Å². The second kappa shape index (κ2) is 17.9. The van der Waals surface area contributed by atoms with Crippen LogP contribution < -0.4 is 21.3 Å². The monoisotopic (exact) mass is 648 g/mol. The van der Waals surface area contributed by atoms with E-state index >= 15 is 0 Å². The first-order valence-corrected chi connectivity index (χ1v) is 15.2. The number of amides is 2. The van der Waals surface area contributed by atoms with E-state index in [-0.39, 0.29) is 42.3 Å². The van der Waals surface area contributed by atoms with E-state index < -0.39 is 41.8 Å². The van der Waals surface area contributed by atoms with E-state index in [1.54, 1.807) is 42.6 Å². The number of aliphatic imine (C=N–C) groups is 1. The van der Waals surface area contributed by atoms with Gasteiger partial charge in [-0.15, -0.1) is 4.99 Å². The largest absolute Gasteiger partial charge is 0.508 e. The van der Waals surface area contributed by atoms with Crippen molar-refractivity contribution in [2.75, 3.05) is 10.6 Å². The van der Waals surface area contributed by atoms with Gasteiger partial charge in [-0.1, -0.05) is 58.9 Å². The summed E-state index contributed by atoms with van der Waals surface area (Å²) in [5.74, 6) is -3.64. The second-order valence-corrected chi connectivity index (χ2v) is 12.7. The first-order chi connectivity index (χ1) is 22.1. The number of carbonyl (C=O) groups excluding carboxylic acids is 2. The van der Waals surface area contributed by atoms with Crippen LogP contribution >= 0.6 is 0 Å². The lowest BCUT2D eigenvalue weighted by atomic mass is 9.89. The molecule has 47 heavy (non-hydrogen) atoms. The molecule has 0 radical (unpaired) electrons. The van der Waals surface area contributed by atoms with Crippen molar-refractivity contribution in [1.29, 1.82) is 5.26 Å². The summed E-state index contributed by atoms with van der Waals surface area (Å²) in [6, 6.07) is 10.6. The molecule has 2 aromatic rings. The second-order valence-electron chi connectivity index (χ2n) is 12.7. The Morgan fingerprint density at radius 3 is 1.79 bits per heavy atom. The number of carboxylic acids is 2. The molecule has 0 saturated heterocycles. The third kappa shape index (κ3) is 14.1. The first-order valence-electron chi connectivity index (χ1n) is 15.2. The van der Waals surface area contributed by atoms with Gasteiger partial charge in [-0.2, -0.15) is 5.26 Å². The predicted octanol–water partition coefficient (Wildman–Crippen LogP) is 4.79. The normalized spacial score (nSPS) is 13.7. The number of guanidine groups is 1. The van der Waals surface area contributed by atoms with Gasteiger partial charge < -0.3 is 36.6 Å². The number of anilines is 2. The van der Waals surface area contributed by atoms with Crippen LogP contribution in [-0.4, -0.2) is 57.1 Å². The molecule has 7 N–H and O–H groups in total. The fourth-order valence-electron chi connectivity index (χ4n) is 4.53. The Bertz CT molecular complexity index is 1470. The molecule has 0 aliphatic carbocycles. The van der Waals surface area contributed by atoms with Crippen molar-refractivity contribution in [3.05, 3.63) is 66.2 Å². The third-order valence-electron chi connectivity index (χ3n) is 6.74. The van der Waals surface area contributed by atoms with E-state index in [0.29, 0.717) is 23.4 Å². The maximum Gasteiger partial charge on any atom is 0.326 e. The first kappa shape index (κ1) is 37.8. The molecule has 3 unspecified atom stereocenters. The van der Waals surface area contributed by atoms with Crippen molar-refractivity contribution >= 4 is 41.1 Å². The van der Waals surface area contributed by atoms with Gasteiger partial charge in [-0.05, 0) is 72.6 Å². The summed E-state index contributed by atoms with van der Waals surface area (Å²) in [4.78, 5) is 53.0. The average Bonchev–Trinajstić information content (AvgIpc) is 2.97. The quantitative estimate of drug-likeness (QED) is 0.0461. The summed E-state index contributed by atoms with van der Waals surface area (Å²) in [5.41, 5.74) is 1.50. The molecule has 0 aliphatic rings. The lowest BCUT2D eigenvalue weighted by molar-refractivity contribution is -0.142. The van der Waals surface area contributed by atoms with Crippen LogP contribution in [0.2, 0.25) is 0 Å². The van der Waals surface area contributed by atoms with Crippen molar-refractivity contribution in [1.82, 2.24) is 10.6 Å². The minimum Gasteiger partial charge on any atom is -0.508 e. The number of benzene rings is 2. The summed E-state index contributed by atoms with van der Waals surface area (Å²) >= 11 is 0. The zero-order valence-corrected chi connectivity index (χ0v) is 27.3. The van der Waals surface area contributed by atoms with Crippen LogP contribution in [0.3, 0.4) is 0 Å². The van der Waals surface area contributed by atoms with Crippen molar-refractivity contribution in [2.24, 2.45) is 16.3 Å². The van der Waals surface area contributed by atoms with Gasteiger partial charge in [-0.3, -0.25) is 9.59 Å². The lowest BCUT2D eigenvalue weighted by Gasteiger charge is -2.22. The fourth-order valence-corrected chi connectivity index (χ4v) is 4.53. The molecule has 13 heteroatoms. The standard InChI is InChI=1S/C34H44N6O7/c1-21(2)18-26(22-10-12-23(13-11-22)37-33(36-20-35)38-24-14-16-25(41)17-15-24)30(43)40-28(32(46)47)9-7-6-8-27(31(44)45)39-29(42)19-34(3,4)5/h6-7,10-17,21,26-28,41H,8-9,18-19H2,1-5H3,(H,39,42)(H,40,43)(H,44,45)(H,46,47)(H2,36,37,38). The van der Waals surface area contributed by atoms with Crippen LogP contribution in [0.15, 0.2) is 65.7 Å². The summed E-state index contributed by atoms with van der Waals surface area (Å²) in [6.07, 6.45) is 5.14. The number of carbonyl (C=O) groups is 4. The summed E-state index contributed by atoms with van der Waals surface area (Å²) in [6.45, 7) is 9.50. The van der Waals surface area contributed by atoms with Gasteiger partial charge in [0.15, 0.2) is 0 Å². The molecule has 2 rings (SSSR count). The van der Waals surface area contributed by atoms with Crippen LogP contribution in [-0.2, 0) is 19.2 Å². The van der Waals surface area contributed by atoms with Crippen molar-refractivity contribution in [3.8, 4) is 11.9 Å². The van der Waals surface area contributed by atoms with E-state index in [1.165, 1.54) is 24.3 Å². The van der Waals surface area contributed by atoms with Crippen molar-refractivity contribution < 1.29 is 34.5 Å². The number of hydrogen-bond donors (Lipinski definition) is 7. The SMILES string of the molecule is CC(C)CC(C(=O)NC(CC=CCC(NC(=O)CC(C)(C)C)C(=O)O)C(=O)O)c1ccc(NC(=NC#N)Nc2ccc(O)cc2)cc1. The Labute approximate surface area is 274 Å². The summed E-state index contributed by atoms with van der Waals surface area (Å²) in [7, 11) is 0. The van der Waals surface area contributed by atoms with Gasteiger partial charge in [0.1, 0.15) is 17.8 Å². The van der Waals surface area contributed by atoms with Gasteiger partial charge in [0.2, 0.25) is 24.0 Å². The molecular weight excluding hydrogens is 604 g/mol. The average molecular weight is 649 g/mol. The van der Waals surface area contributed by atoms with E-state index in [4.69, 9.17) is 5.26 Å². The third-order valence-corrected chi connectivity index (χ3v) is 6.74. The Morgan fingerprint density at radius 2 is 1.34 bits per heavy atom. The molecule has 252 valence electrons. The van der Waals surface area contributed by atoms with Crippen molar-refractivity contribution in [3.63, 3.8) is 0 Å². The maximum absolute atomic E-state index is 13.4. The number of aromatic hydroxyl groups is 1. The number of nitriles is 1. The highest BCUT2D eigenvalue weighted by Gasteiger charge is 2.27. The van der Waals surface area contributed by atoms with E-state index in [1.807, 2.05) is 34.6 Å². The minimum absolute atomic E-state index is 0.0485. The lowest BCUT2D eigenvalue weighted by Crippen LogP contribution is -2.43. The van der Waals surface area contributed by atoms with Crippen LogP contribution in [0.5, 0.6) is 5.75 Å². The zero-order valence-electron chi connectivity index (χ0n) is 27.3. The number of hydrogen-bond acceptors (Lipinski definition) is 7. The molecule has 0 saturated carbocycles. The highest BCUT2D eigenvalue weighted by atomic mass is 16.4. The number of carboxylic acid groups (broad SMARTS) is 2. The smallest absolute Gasteiger partial charge is 0.326 e. The molecule has 3 atom stereocenters. The molecule has 2 amide bonds. The summed E-state index contributed by atoms with van der Waals surface area (Å²) in [5, 5.41) is 48.9. The molecule has 0 heterocycles. The van der Waals surface area contributed by atoms with E-state index in [0.717, 1.165) is 0 Å². The number of phenolic OH excluding ortho intramolecular Hbond substituents is 1. The Kier molecular flexibility index (Phi) is 14.4. The Balaban J connectivity index is 2.10. The van der Waals surface area contributed by atoms with Crippen LogP contribution in [0.4, 0.5) is 11.4 Å². The number of nitrogens with one attached hydrogen (secondary N) is 4. The molecule has 0 bridgehead atoms. The molecule has 0 fully saturated rings. The molecule has 13 nitrogen and oxygen atoms in total. The number of aliphatic carboxylic acids is 2. The number of nitrogens with zero attached hydrogens (tertiary/aromatic N) is 2. The van der Waals surface area contributed by atoms with Crippen LogP contribution in [0.25, 0.3) is 0 Å². The maximum atomic E-state index is 13.4. The Morgan fingerprint density at radius 1 is 0.851 bits per heavy atom.